The molecule has 0 fully saturated rings. The molecule has 0 saturated carbocycles. The summed E-state index contributed by atoms with van der Waals surface area (Å²) in [5.74, 6) is 1.18. The number of anilines is 1. The molecule has 0 aliphatic heterocycles. The summed E-state index contributed by atoms with van der Waals surface area (Å²) in [5.41, 5.74) is 8.93. The number of para-hydroxylation sites is 3. The minimum absolute atomic E-state index is 0.0720. The van der Waals surface area contributed by atoms with Crippen molar-refractivity contribution in [1.82, 2.24) is 14.8 Å². The molecule has 2 amide bonds. The Balaban J connectivity index is 1.37. The third-order valence-electron chi connectivity index (χ3n) is 6.14. The average molecular weight is 566 g/mol. The van der Waals surface area contributed by atoms with E-state index in [1.807, 2.05) is 83.4 Å². The third kappa shape index (κ3) is 6.56. The number of nitrogens with two attached hydrogens (primary N) is 1. The number of benzene rings is 4. The number of carbonyl (C=O) groups excluding carboxylic acids is 2. The van der Waals surface area contributed by atoms with Crippen LogP contribution >= 0.6 is 11.8 Å². The topological polar surface area (TPSA) is 121 Å². The Morgan fingerprint density at radius 2 is 1.54 bits per heavy atom. The number of methoxy groups -OCH3 is 1. The van der Waals surface area contributed by atoms with E-state index in [1.165, 1.54) is 11.8 Å². The van der Waals surface area contributed by atoms with Gasteiger partial charge in [0.1, 0.15) is 18.1 Å². The van der Waals surface area contributed by atoms with Crippen molar-refractivity contribution in [2.75, 3.05) is 18.2 Å². The monoisotopic (exact) mass is 565 g/mol. The molecule has 0 atom stereocenters. The molecular formula is C31H27N5O4S. The van der Waals surface area contributed by atoms with E-state index in [2.05, 4.69) is 15.5 Å². The zero-order valence-corrected chi connectivity index (χ0v) is 23.0. The van der Waals surface area contributed by atoms with Crippen molar-refractivity contribution < 1.29 is 19.1 Å². The summed E-state index contributed by atoms with van der Waals surface area (Å²) >= 11 is 1.23. The van der Waals surface area contributed by atoms with Crippen molar-refractivity contribution in [3.8, 4) is 28.3 Å². The number of carbonyl (C=O) groups is 2. The lowest BCUT2D eigenvalue weighted by molar-refractivity contribution is -0.113. The van der Waals surface area contributed by atoms with Crippen LogP contribution in [0.2, 0.25) is 0 Å². The van der Waals surface area contributed by atoms with Crippen LogP contribution in [0.15, 0.2) is 108 Å². The van der Waals surface area contributed by atoms with Gasteiger partial charge in [0.05, 0.1) is 18.6 Å². The number of amides is 2. The zero-order chi connectivity index (χ0) is 28.6. The molecule has 9 nitrogen and oxygen atoms in total. The van der Waals surface area contributed by atoms with Crippen molar-refractivity contribution in [3.63, 3.8) is 0 Å². The predicted molar refractivity (Wildman–Crippen MR) is 158 cm³/mol. The Morgan fingerprint density at radius 1 is 0.854 bits per heavy atom. The molecule has 1 aromatic heterocycles. The van der Waals surface area contributed by atoms with Gasteiger partial charge in [-0.15, -0.1) is 10.2 Å². The quantitative estimate of drug-likeness (QED) is 0.207. The van der Waals surface area contributed by atoms with E-state index in [0.717, 1.165) is 16.8 Å². The van der Waals surface area contributed by atoms with Gasteiger partial charge in [0.2, 0.25) is 11.8 Å². The number of ether oxygens (including phenoxy) is 2. The van der Waals surface area contributed by atoms with Crippen LogP contribution in [-0.2, 0) is 11.4 Å². The average Bonchev–Trinajstić information content (AvgIpc) is 3.42. The van der Waals surface area contributed by atoms with Crippen LogP contribution in [0.4, 0.5) is 5.69 Å². The maximum atomic E-state index is 12.7. The van der Waals surface area contributed by atoms with Crippen molar-refractivity contribution in [2.45, 2.75) is 11.8 Å². The highest BCUT2D eigenvalue weighted by molar-refractivity contribution is 7.99. The van der Waals surface area contributed by atoms with Crippen LogP contribution in [-0.4, -0.2) is 39.4 Å². The normalized spacial score (nSPS) is 10.7. The summed E-state index contributed by atoms with van der Waals surface area (Å²) in [7, 11) is 1.60. The number of nitrogens with zero attached hydrogens (tertiary/aromatic N) is 3. The summed E-state index contributed by atoms with van der Waals surface area (Å²) in [6, 6.07) is 31.7. The molecule has 0 aliphatic rings. The molecule has 206 valence electrons. The molecule has 0 bridgehead atoms. The first-order valence-corrected chi connectivity index (χ1v) is 13.7. The molecular weight excluding hydrogens is 538 g/mol. The van der Waals surface area contributed by atoms with Gasteiger partial charge < -0.3 is 20.5 Å². The fourth-order valence-electron chi connectivity index (χ4n) is 4.18. The molecule has 4 aromatic carbocycles. The largest absolute Gasteiger partial charge is 0.495 e. The summed E-state index contributed by atoms with van der Waals surface area (Å²) in [5, 5.41) is 12.1. The van der Waals surface area contributed by atoms with Gasteiger partial charge in [0, 0.05) is 16.8 Å². The smallest absolute Gasteiger partial charge is 0.248 e. The van der Waals surface area contributed by atoms with E-state index in [9.17, 15) is 9.59 Å². The molecule has 1 heterocycles. The number of aromatic nitrogens is 3. The second kappa shape index (κ2) is 12.8. The molecule has 5 aromatic rings. The third-order valence-corrected chi connectivity index (χ3v) is 7.07. The van der Waals surface area contributed by atoms with Gasteiger partial charge in [0.25, 0.3) is 0 Å². The molecule has 5 rings (SSSR count). The lowest BCUT2D eigenvalue weighted by atomic mass is 10.1. The molecule has 0 saturated heterocycles. The van der Waals surface area contributed by atoms with E-state index in [0.29, 0.717) is 33.7 Å². The number of hydrogen-bond acceptors (Lipinski definition) is 7. The van der Waals surface area contributed by atoms with Crippen LogP contribution in [0.5, 0.6) is 11.5 Å². The van der Waals surface area contributed by atoms with Gasteiger partial charge in [-0.05, 0) is 48.0 Å². The summed E-state index contributed by atoms with van der Waals surface area (Å²) in [6.07, 6.45) is 0. The highest BCUT2D eigenvalue weighted by Gasteiger charge is 2.20. The van der Waals surface area contributed by atoms with E-state index in [4.69, 9.17) is 15.2 Å². The zero-order valence-electron chi connectivity index (χ0n) is 22.2. The van der Waals surface area contributed by atoms with E-state index in [1.54, 1.807) is 31.4 Å². The van der Waals surface area contributed by atoms with Crippen molar-refractivity contribution in [3.05, 3.63) is 115 Å². The second-order valence-electron chi connectivity index (χ2n) is 8.84. The molecule has 10 heteroatoms. The maximum Gasteiger partial charge on any atom is 0.248 e. The van der Waals surface area contributed by atoms with Gasteiger partial charge in [-0.1, -0.05) is 72.4 Å². The Kier molecular flexibility index (Phi) is 8.61. The van der Waals surface area contributed by atoms with Gasteiger partial charge in [-0.2, -0.15) is 0 Å². The minimum Gasteiger partial charge on any atom is -0.495 e. The molecule has 0 aliphatic carbocycles. The van der Waals surface area contributed by atoms with E-state index >= 15 is 0 Å². The molecule has 0 spiro atoms. The van der Waals surface area contributed by atoms with Crippen LogP contribution < -0.4 is 20.5 Å². The van der Waals surface area contributed by atoms with Crippen LogP contribution in [0.3, 0.4) is 0 Å². The second-order valence-corrected chi connectivity index (χ2v) is 9.78. The summed E-state index contributed by atoms with van der Waals surface area (Å²) in [6.45, 7) is 0.133. The van der Waals surface area contributed by atoms with Crippen LogP contribution in [0.1, 0.15) is 16.2 Å². The van der Waals surface area contributed by atoms with Crippen LogP contribution in [0.25, 0.3) is 16.8 Å². The lowest BCUT2D eigenvalue weighted by Gasteiger charge is -2.15. The molecule has 0 unspecified atom stereocenters. The Bertz CT molecular complexity index is 1660. The molecule has 0 radical (unpaired) electrons. The number of thioether (sulfide) groups is 1. The Morgan fingerprint density at radius 3 is 2.27 bits per heavy atom. The molecule has 41 heavy (non-hydrogen) atoms. The highest BCUT2D eigenvalue weighted by Crippen LogP contribution is 2.32. The van der Waals surface area contributed by atoms with Crippen molar-refractivity contribution >= 4 is 29.3 Å². The van der Waals surface area contributed by atoms with Crippen molar-refractivity contribution in [1.29, 1.82) is 0 Å². The maximum absolute atomic E-state index is 12.7. The number of hydrogen-bond donors (Lipinski definition) is 2. The predicted octanol–water partition coefficient (Wildman–Crippen LogP) is 5.35. The standard InChI is InChI=1S/C31H27N5O4S/c1-39-27-14-8-6-12-25(27)36-28(19-40-26-13-7-5-11-24(26)21-9-3-2-4-10-21)34-35-31(36)41-20-29(37)33-23-17-15-22(16-18-23)30(32)38/h2-18H,19-20H2,1H3,(H2,32,38)(H,33,37). The lowest BCUT2D eigenvalue weighted by Crippen LogP contribution is -2.15. The number of nitrogens with one attached hydrogen (secondary N) is 1. The van der Waals surface area contributed by atoms with Crippen LogP contribution in [0, 0.1) is 0 Å². The van der Waals surface area contributed by atoms with Gasteiger partial charge in [0.15, 0.2) is 11.0 Å². The van der Waals surface area contributed by atoms with E-state index in [-0.39, 0.29) is 18.3 Å². The first-order valence-electron chi connectivity index (χ1n) is 12.7. The molecule has 3 N–H and O–H groups in total. The Hall–Kier alpha value is -5.09. The SMILES string of the molecule is COc1ccccc1-n1c(COc2ccccc2-c2ccccc2)nnc1SCC(=O)Nc1ccc(C(N)=O)cc1. The Labute approximate surface area is 241 Å². The van der Waals surface area contributed by atoms with Gasteiger partial charge in [-0.3, -0.25) is 14.2 Å². The highest BCUT2D eigenvalue weighted by atomic mass is 32.2. The number of rotatable bonds is 11. The van der Waals surface area contributed by atoms with Gasteiger partial charge >= 0.3 is 0 Å². The summed E-state index contributed by atoms with van der Waals surface area (Å²) < 4.78 is 13.7. The first-order chi connectivity index (χ1) is 20.0. The number of primary amides is 1. The van der Waals surface area contributed by atoms with Crippen molar-refractivity contribution in [2.24, 2.45) is 5.73 Å². The fourth-order valence-corrected chi connectivity index (χ4v) is 4.94. The fraction of sp³-hybridized carbons (Fsp3) is 0.0968. The van der Waals surface area contributed by atoms with Gasteiger partial charge in [-0.25, -0.2) is 0 Å². The summed E-state index contributed by atoms with van der Waals surface area (Å²) in [4.78, 5) is 24.0. The minimum atomic E-state index is -0.530. The first kappa shape index (κ1) is 27.5. The van der Waals surface area contributed by atoms with E-state index < -0.39 is 5.91 Å².